The fourth-order valence-corrected chi connectivity index (χ4v) is 3.46. The van der Waals surface area contributed by atoms with E-state index >= 15 is 0 Å². The first-order valence-corrected chi connectivity index (χ1v) is 9.00. The lowest BCUT2D eigenvalue weighted by atomic mass is 9.98. The Morgan fingerprint density at radius 3 is 2.67 bits per heavy atom. The molecule has 24 heavy (non-hydrogen) atoms. The summed E-state index contributed by atoms with van der Waals surface area (Å²) in [5.74, 6) is 0.617. The number of carbonyl (C=O) groups excluding carboxylic acids is 1. The van der Waals surface area contributed by atoms with Gasteiger partial charge in [-0.1, -0.05) is 12.8 Å². The van der Waals surface area contributed by atoms with Crippen LogP contribution in [-0.4, -0.2) is 60.3 Å². The van der Waals surface area contributed by atoms with Gasteiger partial charge in [0.1, 0.15) is 0 Å². The Balaban J connectivity index is 0.00000288. The van der Waals surface area contributed by atoms with Crippen LogP contribution in [0.1, 0.15) is 52.4 Å². The second-order valence-electron chi connectivity index (χ2n) is 6.64. The van der Waals surface area contributed by atoms with E-state index in [1.54, 1.807) is 0 Å². The highest BCUT2D eigenvalue weighted by atomic mass is 127. The molecule has 1 aliphatic heterocycles. The lowest BCUT2D eigenvalue weighted by molar-refractivity contribution is -0.149. The van der Waals surface area contributed by atoms with Crippen molar-refractivity contribution in [1.29, 1.82) is 0 Å². The first-order chi connectivity index (χ1) is 11.1. The second-order valence-corrected chi connectivity index (χ2v) is 6.64. The average molecular weight is 453 g/mol. The third kappa shape index (κ3) is 6.06. The molecule has 2 N–H and O–H groups in total. The van der Waals surface area contributed by atoms with Crippen molar-refractivity contribution in [2.45, 2.75) is 58.0 Å². The molecule has 2 aliphatic rings. The molecule has 2 fully saturated rings. The molecule has 1 atom stereocenters. The van der Waals surface area contributed by atoms with Crippen molar-refractivity contribution >= 4 is 35.9 Å². The van der Waals surface area contributed by atoms with E-state index in [1.807, 2.05) is 13.8 Å². The van der Waals surface area contributed by atoms with Crippen molar-refractivity contribution in [1.82, 2.24) is 10.2 Å². The first kappa shape index (κ1) is 21.5. The Morgan fingerprint density at radius 1 is 1.33 bits per heavy atom. The van der Waals surface area contributed by atoms with Gasteiger partial charge in [-0.3, -0.25) is 9.79 Å². The molecule has 0 aromatic rings. The number of hydrogen-bond donors (Lipinski definition) is 2. The molecule has 2 rings (SSSR count). The number of likely N-dealkylation sites (tertiary alicyclic amines) is 1. The summed E-state index contributed by atoms with van der Waals surface area (Å²) in [4.78, 5) is 18.8. The minimum Gasteiger partial charge on any atom is -0.466 e. The van der Waals surface area contributed by atoms with Gasteiger partial charge in [0, 0.05) is 19.6 Å². The van der Waals surface area contributed by atoms with Crippen LogP contribution in [0.4, 0.5) is 0 Å². The van der Waals surface area contributed by atoms with Crippen LogP contribution in [0, 0.1) is 5.92 Å². The van der Waals surface area contributed by atoms with Gasteiger partial charge in [-0.15, -0.1) is 24.0 Å². The van der Waals surface area contributed by atoms with E-state index in [9.17, 15) is 9.90 Å². The van der Waals surface area contributed by atoms with E-state index in [1.165, 1.54) is 0 Å². The molecule has 1 saturated heterocycles. The zero-order valence-electron chi connectivity index (χ0n) is 14.9. The number of hydrogen-bond acceptors (Lipinski definition) is 4. The topological polar surface area (TPSA) is 74.2 Å². The summed E-state index contributed by atoms with van der Waals surface area (Å²) in [7, 11) is 0. The molecule has 1 unspecified atom stereocenters. The number of nitrogens with zero attached hydrogens (tertiary/aromatic N) is 2. The second kappa shape index (κ2) is 10.4. The van der Waals surface area contributed by atoms with Gasteiger partial charge in [0.25, 0.3) is 0 Å². The highest BCUT2D eigenvalue weighted by molar-refractivity contribution is 14.0. The van der Waals surface area contributed by atoms with E-state index in [0.717, 1.165) is 57.6 Å². The number of rotatable bonds is 5. The zero-order chi connectivity index (χ0) is 16.7. The van der Waals surface area contributed by atoms with E-state index in [-0.39, 0.29) is 35.9 Å². The molecular formula is C17H32IN3O3. The maximum Gasteiger partial charge on any atom is 0.310 e. The number of aliphatic hydroxyl groups is 1. The van der Waals surface area contributed by atoms with Crippen LogP contribution in [-0.2, 0) is 9.53 Å². The quantitative estimate of drug-likeness (QED) is 0.289. The summed E-state index contributed by atoms with van der Waals surface area (Å²) in [5, 5.41) is 13.8. The molecule has 140 valence electrons. The molecule has 0 radical (unpaired) electrons. The molecular weight excluding hydrogens is 421 g/mol. The van der Waals surface area contributed by atoms with Gasteiger partial charge in [-0.05, 0) is 39.5 Å². The van der Waals surface area contributed by atoms with Crippen molar-refractivity contribution in [2.75, 3.05) is 32.8 Å². The Hall–Kier alpha value is -0.570. The highest BCUT2D eigenvalue weighted by Gasteiger charge is 2.32. The Bertz CT molecular complexity index is 425. The number of piperidine rings is 1. The third-order valence-corrected chi connectivity index (χ3v) is 4.73. The summed E-state index contributed by atoms with van der Waals surface area (Å²) in [6.07, 6.45) is 5.66. The number of nitrogens with one attached hydrogen (secondary N) is 1. The minimum absolute atomic E-state index is 0. The molecule has 1 saturated carbocycles. The number of esters is 1. The van der Waals surface area contributed by atoms with Gasteiger partial charge in [-0.25, -0.2) is 0 Å². The normalized spacial score (nSPS) is 23.5. The van der Waals surface area contributed by atoms with Crippen molar-refractivity contribution in [2.24, 2.45) is 10.9 Å². The van der Waals surface area contributed by atoms with E-state index in [2.05, 4.69) is 15.2 Å². The summed E-state index contributed by atoms with van der Waals surface area (Å²) >= 11 is 0. The lowest BCUT2D eigenvalue weighted by Gasteiger charge is -2.34. The molecule has 0 spiro atoms. The molecule has 1 aliphatic carbocycles. The largest absolute Gasteiger partial charge is 0.466 e. The predicted molar refractivity (Wildman–Crippen MR) is 106 cm³/mol. The fraction of sp³-hybridized carbons (Fsp3) is 0.882. The SMILES string of the molecule is CCNC(=NCC1(O)CCCC1)N1CCCC(C(=O)OCC)C1.I. The van der Waals surface area contributed by atoms with Crippen molar-refractivity contribution in [3.05, 3.63) is 0 Å². The molecule has 0 aromatic carbocycles. The highest BCUT2D eigenvalue weighted by Crippen LogP contribution is 2.29. The number of ether oxygens (including phenoxy) is 1. The minimum atomic E-state index is -0.642. The fourth-order valence-electron chi connectivity index (χ4n) is 3.46. The molecule has 0 amide bonds. The summed E-state index contributed by atoms with van der Waals surface area (Å²) in [6, 6.07) is 0. The zero-order valence-corrected chi connectivity index (χ0v) is 17.3. The molecule has 6 nitrogen and oxygen atoms in total. The summed E-state index contributed by atoms with van der Waals surface area (Å²) in [6.45, 7) is 7.05. The smallest absolute Gasteiger partial charge is 0.310 e. The van der Waals surface area contributed by atoms with Gasteiger partial charge in [0.15, 0.2) is 5.96 Å². The van der Waals surface area contributed by atoms with Gasteiger partial charge in [0.2, 0.25) is 0 Å². The Morgan fingerprint density at radius 2 is 2.04 bits per heavy atom. The molecule has 7 heteroatoms. The molecule has 0 bridgehead atoms. The monoisotopic (exact) mass is 453 g/mol. The van der Waals surface area contributed by atoms with Crippen LogP contribution in [0.5, 0.6) is 0 Å². The van der Waals surface area contributed by atoms with Crippen molar-refractivity contribution in [3.8, 4) is 0 Å². The van der Waals surface area contributed by atoms with Gasteiger partial charge in [-0.2, -0.15) is 0 Å². The maximum atomic E-state index is 12.0. The van der Waals surface area contributed by atoms with Crippen LogP contribution in [0.15, 0.2) is 4.99 Å². The lowest BCUT2D eigenvalue weighted by Crippen LogP contribution is -2.49. The summed E-state index contributed by atoms with van der Waals surface area (Å²) in [5.41, 5.74) is -0.642. The van der Waals surface area contributed by atoms with Gasteiger partial charge >= 0.3 is 5.97 Å². The van der Waals surface area contributed by atoms with Crippen LogP contribution in [0.2, 0.25) is 0 Å². The van der Waals surface area contributed by atoms with Crippen LogP contribution in [0.25, 0.3) is 0 Å². The van der Waals surface area contributed by atoms with Gasteiger partial charge < -0.3 is 20.1 Å². The average Bonchev–Trinajstić information content (AvgIpc) is 2.99. The number of aliphatic imine (C=N–C) groups is 1. The number of halogens is 1. The summed E-state index contributed by atoms with van der Waals surface area (Å²) < 4.78 is 5.16. The van der Waals surface area contributed by atoms with Crippen LogP contribution in [0.3, 0.4) is 0 Å². The Kier molecular flexibility index (Phi) is 9.33. The van der Waals surface area contributed by atoms with Crippen LogP contribution < -0.4 is 5.32 Å². The number of guanidine groups is 1. The standard InChI is InChI=1S/C17H31N3O3.HI/c1-3-18-16(19-13-17(22)9-5-6-10-17)20-11-7-8-14(12-20)15(21)23-4-2;/h14,22H,3-13H2,1-2H3,(H,18,19);1H. The third-order valence-electron chi connectivity index (χ3n) is 4.73. The predicted octanol–water partition coefficient (Wildman–Crippen LogP) is 2.15. The maximum absolute atomic E-state index is 12.0. The molecule has 1 heterocycles. The van der Waals surface area contributed by atoms with Crippen molar-refractivity contribution < 1.29 is 14.6 Å². The van der Waals surface area contributed by atoms with Crippen molar-refractivity contribution in [3.63, 3.8) is 0 Å². The van der Waals surface area contributed by atoms with E-state index in [0.29, 0.717) is 19.7 Å². The van der Waals surface area contributed by atoms with E-state index < -0.39 is 5.60 Å². The first-order valence-electron chi connectivity index (χ1n) is 9.00. The number of carbonyl (C=O) groups is 1. The van der Waals surface area contributed by atoms with E-state index in [4.69, 9.17) is 4.74 Å². The van der Waals surface area contributed by atoms with Gasteiger partial charge in [0.05, 0.1) is 24.7 Å². The van der Waals surface area contributed by atoms with Crippen LogP contribution >= 0.6 is 24.0 Å². The molecule has 0 aromatic heterocycles. The Labute approximate surface area is 162 Å².